The molecular formula is C19H38O4. The Morgan fingerprint density at radius 1 is 0.783 bits per heavy atom. The number of hydrogen-bond donors (Lipinski definition) is 4. The topological polar surface area (TPSA) is 80.9 Å². The van der Waals surface area contributed by atoms with Gasteiger partial charge in [0.05, 0.1) is 22.4 Å². The molecule has 0 bridgehead atoms. The first-order valence-corrected chi connectivity index (χ1v) is 8.71. The predicted molar refractivity (Wildman–Crippen MR) is 95.3 cm³/mol. The normalized spacial score (nSPS) is 19.3. The summed E-state index contributed by atoms with van der Waals surface area (Å²) in [6.07, 6.45) is 6.60. The minimum atomic E-state index is -1.25. The van der Waals surface area contributed by atoms with Gasteiger partial charge in [-0.05, 0) is 67.2 Å². The predicted octanol–water partition coefficient (Wildman–Crippen LogP) is 3.32. The van der Waals surface area contributed by atoms with Crippen LogP contribution < -0.4 is 0 Å². The van der Waals surface area contributed by atoms with Gasteiger partial charge in [0.15, 0.2) is 0 Å². The molecule has 0 saturated heterocycles. The fourth-order valence-electron chi connectivity index (χ4n) is 2.12. The number of hydrogen-bond acceptors (Lipinski definition) is 4. The zero-order chi connectivity index (χ0) is 18.5. The van der Waals surface area contributed by atoms with Crippen LogP contribution in [0.15, 0.2) is 11.6 Å². The van der Waals surface area contributed by atoms with Crippen molar-refractivity contribution in [3.8, 4) is 0 Å². The summed E-state index contributed by atoms with van der Waals surface area (Å²) in [5.74, 6) is 0. The van der Waals surface area contributed by atoms with E-state index in [1.165, 1.54) is 0 Å². The van der Waals surface area contributed by atoms with Crippen LogP contribution >= 0.6 is 0 Å². The summed E-state index contributed by atoms with van der Waals surface area (Å²) in [5, 5.41) is 41.2. The summed E-state index contributed by atoms with van der Waals surface area (Å²) < 4.78 is 0. The van der Waals surface area contributed by atoms with Crippen molar-refractivity contribution in [2.24, 2.45) is 0 Å². The van der Waals surface area contributed by atoms with Gasteiger partial charge in [0.2, 0.25) is 0 Å². The Balaban J connectivity index is 5.19. The third-order valence-corrected chi connectivity index (χ3v) is 5.10. The third kappa shape index (κ3) is 7.34. The van der Waals surface area contributed by atoms with Crippen molar-refractivity contribution in [3.05, 3.63) is 11.6 Å². The monoisotopic (exact) mass is 330 g/mol. The molecule has 0 amide bonds. The molecule has 0 spiro atoms. The summed E-state index contributed by atoms with van der Waals surface area (Å²) in [5.41, 5.74) is -3.91. The Bertz CT molecular complexity index is 381. The van der Waals surface area contributed by atoms with Gasteiger partial charge >= 0.3 is 0 Å². The van der Waals surface area contributed by atoms with Gasteiger partial charge in [0, 0.05) is 0 Å². The number of aliphatic hydroxyl groups is 4. The quantitative estimate of drug-likeness (QED) is 0.366. The molecule has 0 aliphatic heterocycles. The molecule has 0 heterocycles. The lowest BCUT2D eigenvalue weighted by Gasteiger charge is -2.37. The maximum atomic E-state index is 10.6. The number of rotatable bonds is 10. The van der Waals surface area contributed by atoms with Gasteiger partial charge < -0.3 is 20.4 Å². The first-order chi connectivity index (χ1) is 10.1. The fourth-order valence-corrected chi connectivity index (χ4v) is 2.12. The minimum absolute atomic E-state index is 0.305. The van der Waals surface area contributed by atoms with Gasteiger partial charge in [-0.2, -0.15) is 0 Å². The zero-order valence-corrected chi connectivity index (χ0v) is 16.1. The van der Waals surface area contributed by atoms with Crippen molar-refractivity contribution < 1.29 is 20.4 Å². The van der Waals surface area contributed by atoms with Crippen molar-refractivity contribution >= 4 is 0 Å². The van der Waals surface area contributed by atoms with E-state index in [2.05, 4.69) is 6.92 Å². The largest absolute Gasteiger partial charge is 0.387 e. The standard InChI is InChI=1S/C19H38O4/c1-8-9-10-11-15(14-19(7,23)17(4,5)21)12-13-18(6,22)16(2,3)20/h12,20-23H,8-11,13-14H2,1-7H3. The van der Waals surface area contributed by atoms with E-state index in [1.54, 1.807) is 41.5 Å². The molecule has 0 rings (SSSR count). The van der Waals surface area contributed by atoms with E-state index in [4.69, 9.17) is 0 Å². The van der Waals surface area contributed by atoms with Crippen molar-refractivity contribution in [2.45, 2.75) is 109 Å². The molecule has 0 aliphatic rings. The Morgan fingerprint density at radius 2 is 1.26 bits per heavy atom. The maximum absolute atomic E-state index is 10.6. The first-order valence-electron chi connectivity index (χ1n) is 8.71. The van der Waals surface area contributed by atoms with Crippen LogP contribution in [0.3, 0.4) is 0 Å². The van der Waals surface area contributed by atoms with E-state index in [0.717, 1.165) is 31.3 Å². The highest BCUT2D eigenvalue weighted by Gasteiger charge is 2.39. The lowest BCUT2D eigenvalue weighted by Crippen LogP contribution is -2.48. The van der Waals surface area contributed by atoms with E-state index in [0.29, 0.717) is 12.8 Å². The van der Waals surface area contributed by atoms with Crippen LogP contribution in [-0.2, 0) is 0 Å². The summed E-state index contributed by atoms with van der Waals surface area (Å²) in [4.78, 5) is 0. The van der Waals surface area contributed by atoms with Gasteiger partial charge in [-0.1, -0.05) is 31.4 Å². The second kappa shape index (κ2) is 8.11. The van der Waals surface area contributed by atoms with Gasteiger partial charge in [-0.25, -0.2) is 0 Å². The van der Waals surface area contributed by atoms with Gasteiger partial charge in [0.1, 0.15) is 0 Å². The van der Waals surface area contributed by atoms with Crippen LogP contribution in [0.1, 0.15) is 87.0 Å². The molecule has 0 fully saturated rings. The smallest absolute Gasteiger partial charge is 0.0936 e. The van der Waals surface area contributed by atoms with Crippen LogP contribution in [0, 0.1) is 0 Å². The van der Waals surface area contributed by atoms with Gasteiger partial charge in [0.25, 0.3) is 0 Å². The Labute approximate surface area is 142 Å². The van der Waals surface area contributed by atoms with Gasteiger partial charge in [-0.15, -0.1) is 0 Å². The van der Waals surface area contributed by atoms with Crippen molar-refractivity contribution in [1.82, 2.24) is 0 Å². The maximum Gasteiger partial charge on any atom is 0.0936 e. The van der Waals surface area contributed by atoms with Crippen molar-refractivity contribution in [1.29, 1.82) is 0 Å². The van der Waals surface area contributed by atoms with E-state index >= 15 is 0 Å². The Kier molecular flexibility index (Phi) is 7.96. The van der Waals surface area contributed by atoms with E-state index in [1.807, 2.05) is 6.08 Å². The molecule has 2 unspecified atom stereocenters. The molecule has 0 radical (unpaired) electrons. The van der Waals surface area contributed by atoms with Crippen LogP contribution in [0.4, 0.5) is 0 Å². The molecule has 0 aromatic heterocycles. The van der Waals surface area contributed by atoms with Crippen LogP contribution in [0.2, 0.25) is 0 Å². The van der Waals surface area contributed by atoms with Crippen molar-refractivity contribution in [3.63, 3.8) is 0 Å². The molecule has 2 atom stereocenters. The highest BCUT2D eigenvalue weighted by Crippen LogP contribution is 2.32. The first kappa shape index (κ1) is 22.6. The summed E-state index contributed by atoms with van der Waals surface area (Å²) >= 11 is 0. The molecule has 0 aromatic rings. The molecule has 23 heavy (non-hydrogen) atoms. The molecule has 0 aromatic carbocycles. The molecule has 4 nitrogen and oxygen atoms in total. The Morgan fingerprint density at radius 3 is 1.65 bits per heavy atom. The second-order valence-electron chi connectivity index (χ2n) is 8.37. The highest BCUT2D eigenvalue weighted by atomic mass is 16.4. The molecule has 4 N–H and O–H groups in total. The lowest BCUT2D eigenvalue weighted by molar-refractivity contribution is -0.120. The van der Waals surface area contributed by atoms with Gasteiger partial charge in [-0.3, -0.25) is 0 Å². The van der Waals surface area contributed by atoms with Crippen LogP contribution in [0.5, 0.6) is 0 Å². The Hall–Kier alpha value is -0.420. The molecule has 4 heteroatoms. The molecule has 138 valence electrons. The van der Waals surface area contributed by atoms with Crippen LogP contribution in [0.25, 0.3) is 0 Å². The minimum Gasteiger partial charge on any atom is -0.387 e. The summed E-state index contributed by atoms with van der Waals surface area (Å²) in [6, 6.07) is 0. The van der Waals surface area contributed by atoms with Crippen LogP contribution in [-0.4, -0.2) is 42.8 Å². The van der Waals surface area contributed by atoms with Crippen molar-refractivity contribution in [2.75, 3.05) is 0 Å². The average molecular weight is 331 g/mol. The summed E-state index contributed by atoms with van der Waals surface area (Å²) in [7, 11) is 0. The second-order valence-corrected chi connectivity index (χ2v) is 8.37. The highest BCUT2D eigenvalue weighted by molar-refractivity contribution is 5.12. The SMILES string of the molecule is CCCCCC(=CCC(C)(O)C(C)(C)O)CC(C)(O)C(C)(C)O. The summed E-state index contributed by atoms with van der Waals surface area (Å²) in [6.45, 7) is 11.8. The molecule has 0 saturated carbocycles. The van der Waals surface area contributed by atoms with E-state index < -0.39 is 22.4 Å². The van der Waals surface area contributed by atoms with E-state index in [-0.39, 0.29) is 0 Å². The number of unbranched alkanes of at least 4 members (excludes halogenated alkanes) is 2. The molecular weight excluding hydrogens is 292 g/mol. The van der Waals surface area contributed by atoms with E-state index in [9.17, 15) is 20.4 Å². The lowest BCUT2D eigenvalue weighted by atomic mass is 9.79. The third-order valence-electron chi connectivity index (χ3n) is 5.10. The average Bonchev–Trinajstić information content (AvgIpc) is 2.33. The molecule has 0 aliphatic carbocycles. The fraction of sp³-hybridized carbons (Fsp3) is 0.895. The zero-order valence-electron chi connectivity index (χ0n) is 16.1.